The van der Waals surface area contributed by atoms with Crippen molar-refractivity contribution in [3.8, 4) is 0 Å². The molecule has 0 aromatic rings. The minimum absolute atomic E-state index is 0.120. The van der Waals surface area contributed by atoms with E-state index in [9.17, 15) is 14.4 Å². The molecule has 2 heterocycles. The van der Waals surface area contributed by atoms with E-state index in [4.69, 9.17) is 18.9 Å². The van der Waals surface area contributed by atoms with Crippen LogP contribution in [-0.2, 0) is 33.3 Å². The Balaban J connectivity index is 1.67. The van der Waals surface area contributed by atoms with Crippen molar-refractivity contribution < 1.29 is 33.3 Å². The lowest BCUT2D eigenvalue weighted by molar-refractivity contribution is -0.224. The van der Waals surface area contributed by atoms with Crippen LogP contribution in [-0.4, -0.2) is 52.3 Å². The maximum Gasteiger partial charge on any atom is 0.341 e. The summed E-state index contributed by atoms with van der Waals surface area (Å²) in [7, 11) is 0. The summed E-state index contributed by atoms with van der Waals surface area (Å²) in [5.74, 6) is -0.909. The Bertz CT molecular complexity index is 790. The summed E-state index contributed by atoms with van der Waals surface area (Å²) in [6.07, 6.45) is 1.27. The van der Waals surface area contributed by atoms with E-state index in [1.54, 1.807) is 6.92 Å². The molecule has 2 saturated heterocycles. The minimum Gasteiger partial charge on any atom is -0.456 e. The van der Waals surface area contributed by atoms with E-state index in [2.05, 4.69) is 6.92 Å². The summed E-state index contributed by atoms with van der Waals surface area (Å²) >= 11 is 0. The molecule has 7 atom stereocenters. The maximum absolute atomic E-state index is 13.0. The monoisotopic (exact) mass is 408 g/mol. The summed E-state index contributed by atoms with van der Waals surface area (Å²) in [6.45, 7) is 12.7. The van der Waals surface area contributed by atoms with Crippen molar-refractivity contribution in [2.75, 3.05) is 0 Å². The number of carbonyl (C=O) groups excluding carboxylic acids is 3. The first-order chi connectivity index (χ1) is 13.2. The standard InChI is InChI=1S/C22H32O7/c1-12-20(6,27-12)17(25)26-16-8-9-19(5)11-15(24)22(18(3,4)29-22)10-14(19)21(16,7)28-13(2)23/h12,14,16H,8-11H2,1-7H3/t12-,14-,16-,19-,20+,21+,22+/m1/s1. The molecule has 2 aliphatic heterocycles. The van der Waals surface area contributed by atoms with Gasteiger partial charge in [0.2, 0.25) is 0 Å². The van der Waals surface area contributed by atoms with Crippen LogP contribution in [0.1, 0.15) is 74.1 Å². The Labute approximate surface area is 171 Å². The van der Waals surface area contributed by atoms with Crippen LogP contribution in [0.2, 0.25) is 0 Å². The second kappa shape index (κ2) is 5.82. The molecule has 4 rings (SSSR count). The lowest BCUT2D eigenvalue weighted by atomic mass is 9.51. The fourth-order valence-electron chi connectivity index (χ4n) is 5.92. The molecular formula is C22H32O7. The Morgan fingerprint density at radius 1 is 1.14 bits per heavy atom. The van der Waals surface area contributed by atoms with Crippen molar-refractivity contribution >= 4 is 17.7 Å². The van der Waals surface area contributed by atoms with Crippen molar-refractivity contribution in [3.63, 3.8) is 0 Å². The predicted molar refractivity (Wildman–Crippen MR) is 102 cm³/mol. The van der Waals surface area contributed by atoms with Crippen LogP contribution in [0.5, 0.6) is 0 Å². The molecule has 0 N–H and O–H groups in total. The summed E-state index contributed by atoms with van der Waals surface area (Å²) < 4.78 is 23.1. The molecular weight excluding hydrogens is 376 g/mol. The molecule has 162 valence electrons. The third kappa shape index (κ3) is 2.80. The van der Waals surface area contributed by atoms with E-state index in [1.807, 2.05) is 27.7 Å². The van der Waals surface area contributed by atoms with Crippen LogP contribution < -0.4 is 0 Å². The van der Waals surface area contributed by atoms with E-state index >= 15 is 0 Å². The molecule has 7 heteroatoms. The summed E-state index contributed by atoms with van der Waals surface area (Å²) in [6, 6.07) is 0. The van der Waals surface area contributed by atoms with Crippen molar-refractivity contribution in [2.45, 2.75) is 109 Å². The molecule has 0 amide bonds. The number of epoxide rings is 2. The molecule has 2 aliphatic carbocycles. The van der Waals surface area contributed by atoms with Gasteiger partial charge in [0, 0.05) is 19.3 Å². The number of hydrogen-bond donors (Lipinski definition) is 0. The van der Waals surface area contributed by atoms with Gasteiger partial charge in [-0.3, -0.25) is 9.59 Å². The van der Waals surface area contributed by atoms with Crippen LogP contribution in [0.4, 0.5) is 0 Å². The number of hydrogen-bond acceptors (Lipinski definition) is 7. The lowest BCUT2D eigenvalue weighted by Gasteiger charge is -2.56. The number of Topliss-reactive ketones (excluding diaryl/α,β-unsaturated/α-hetero) is 1. The lowest BCUT2D eigenvalue weighted by Crippen LogP contribution is -2.64. The highest BCUT2D eigenvalue weighted by Crippen LogP contribution is 2.64. The van der Waals surface area contributed by atoms with Gasteiger partial charge in [0.15, 0.2) is 17.0 Å². The SMILES string of the molecule is CC(=O)O[C@@]1(C)[C@@H]2C[C@]3(OC3(C)C)C(=O)C[C@@]2(C)CC[C@H]1OC(=O)[C@@]1(C)O[C@@H]1C. The highest BCUT2D eigenvalue weighted by atomic mass is 16.7. The molecule has 4 fully saturated rings. The van der Waals surface area contributed by atoms with Crippen molar-refractivity contribution in [1.82, 2.24) is 0 Å². The van der Waals surface area contributed by atoms with Gasteiger partial charge < -0.3 is 18.9 Å². The molecule has 7 nitrogen and oxygen atoms in total. The average molecular weight is 408 g/mol. The highest BCUT2D eigenvalue weighted by molar-refractivity contribution is 5.93. The minimum atomic E-state index is -1.04. The topological polar surface area (TPSA) is 94.7 Å². The largest absolute Gasteiger partial charge is 0.456 e. The third-order valence-corrected chi connectivity index (χ3v) is 8.18. The van der Waals surface area contributed by atoms with Crippen LogP contribution in [0.3, 0.4) is 0 Å². The quantitative estimate of drug-likeness (QED) is 0.523. The first kappa shape index (κ1) is 20.8. The fraction of sp³-hybridized carbons (Fsp3) is 0.864. The first-order valence-corrected chi connectivity index (χ1v) is 10.5. The van der Waals surface area contributed by atoms with E-state index in [-0.39, 0.29) is 23.2 Å². The fourth-order valence-corrected chi connectivity index (χ4v) is 5.92. The van der Waals surface area contributed by atoms with Gasteiger partial charge in [0.25, 0.3) is 0 Å². The first-order valence-electron chi connectivity index (χ1n) is 10.5. The third-order valence-electron chi connectivity index (χ3n) is 8.18. The molecule has 2 saturated carbocycles. The number of rotatable bonds is 3. The number of esters is 2. The zero-order valence-electron chi connectivity index (χ0n) is 18.4. The van der Waals surface area contributed by atoms with Crippen LogP contribution >= 0.6 is 0 Å². The van der Waals surface area contributed by atoms with Crippen LogP contribution in [0.25, 0.3) is 0 Å². The Kier molecular flexibility index (Phi) is 4.17. The van der Waals surface area contributed by atoms with Gasteiger partial charge in [-0.2, -0.15) is 0 Å². The van der Waals surface area contributed by atoms with Gasteiger partial charge in [0.05, 0.1) is 6.10 Å². The zero-order chi connectivity index (χ0) is 21.6. The Morgan fingerprint density at radius 2 is 1.72 bits per heavy atom. The smallest absolute Gasteiger partial charge is 0.341 e. The van der Waals surface area contributed by atoms with Gasteiger partial charge in [-0.1, -0.05) is 6.92 Å². The summed E-state index contributed by atoms with van der Waals surface area (Å²) in [4.78, 5) is 37.8. The van der Waals surface area contributed by atoms with Crippen molar-refractivity contribution in [2.24, 2.45) is 11.3 Å². The number of fused-ring (bicyclic) bond motifs is 1. The van der Waals surface area contributed by atoms with E-state index < -0.39 is 40.4 Å². The molecule has 4 aliphatic rings. The Hall–Kier alpha value is -1.47. The number of carbonyl (C=O) groups is 3. The summed E-state index contributed by atoms with van der Waals surface area (Å²) in [5.41, 5.74) is -3.70. The van der Waals surface area contributed by atoms with E-state index in [0.717, 1.165) is 0 Å². The van der Waals surface area contributed by atoms with Gasteiger partial charge in [0.1, 0.15) is 17.3 Å². The number of ketones is 1. The molecule has 0 aromatic heterocycles. The number of ether oxygens (including phenoxy) is 4. The molecule has 0 bridgehead atoms. The van der Waals surface area contributed by atoms with Crippen LogP contribution in [0.15, 0.2) is 0 Å². The predicted octanol–water partition coefficient (Wildman–Crippen LogP) is 2.72. The normalized spacial score (nSPS) is 49.9. The van der Waals surface area contributed by atoms with Gasteiger partial charge in [-0.15, -0.1) is 0 Å². The molecule has 0 radical (unpaired) electrons. The van der Waals surface area contributed by atoms with Gasteiger partial charge in [-0.05, 0) is 59.3 Å². The van der Waals surface area contributed by atoms with Crippen molar-refractivity contribution in [1.29, 1.82) is 0 Å². The van der Waals surface area contributed by atoms with Crippen LogP contribution in [0, 0.1) is 11.3 Å². The average Bonchev–Trinajstić information content (AvgIpc) is 3.38. The second-order valence-electron chi connectivity index (χ2n) is 10.5. The van der Waals surface area contributed by atoms with Crippen molar-refractivity contribution in [3.05, 3.63) is 0 Å². The summed E-state index contributed by atoms with van der Waals surface area (Å²) in [5, 5.41) is 0. The Morgan fingerprint density at radius 3 is 2.21 bits per heavy atom. The maximum atomic E-state index is 13.0. The van der Waals surface area contributed by atoms with Gasteiger partial charge >= 0.3 is 11.9 Å². The molecule has 0 unspecified atom stereocenters. The zero-order valence-corrected chi connectivity index (χ0v) is 18.4. The molecule has 0 aromatic carbocycles. The van der Waals surface area contributed by atoms with E-state index in [1.165, 1.54) is 6.92 Å². The molecule has 29 heavy (non-hydrogen) atoms. The highest BCUT2D eigenvalue weighted by Gasteiger charge is 2.75. The van der Waals surface area contributed by atoms with E-state index in [0.29, 0.717) is 25.7 Å². The molecule has 1 spiro atoms. The second-order valence-corrected chi connectivity index (χ2v) is 10.5. The van der Waals surface area contributed by atoms with Gasteiger partial charge in [-0.25, -0.2) is 4.79 Å².